The Hall–Kier alpha value is -2.56. The molecule has 2 saturated heterocycles. The summed E-state index contributed by atoms with van der Waals surface area (Å²) < 4.78 is 20.3. The first kappa shape index (κ1) is 22.2. The van der Waals surface area contributed by atoms with Crippen LogP contribution in [0.15, 0.2) is 30.5 Å². The van der Waals surface area contributed by atoms with E-state index in [0.717, 1.165) is 80.0 Å². The summed E-state index contributed by atoms with van der Waals surface area (Å²) in [4.78, 5) is 22.8. The molecule has 1 amide bonds. The van der Waals surface area contributed by atoms with E-state index in [1.165, 1.54) is 23.5 Å². The number of anilines is 1. The SMILES string of the molecule is O=C(NCCCN1CCOCC1)C1CCCN(c2nn3cc(-c4ccc(F)cc4)nc3s2)C1. The van der Waals surface area contributed by atoms with E-state index in [1.54, 1.807) is 16.6 Å². The first-order valence-corrected chi connectivity index (χ1v) is 12.4. The molecule has 0 radical (unpaired) electrons. The maximum absolute atomic E-state index is 13.2. The molecule has 2 aliphatic rings. The number of carbonyl (C=O) groups is 1. The van der Waals surface area contributed by atoms with Crippen LogP contribution in [0, 0.1) is 11.7 Å². The molecular weight excluding hydrogens is 443 g/mol. The fourth-order valence-electron chi connectivity index (χ4n) is 4.43. The number of benzene rings is 1. The number of ether oxygens (including phenoxy) is 1. The Balaban J connectivity index is 1.15. The van der Waals surface area contributed by atoms with Crippen molar-refractivity contribution in [3.05, 3.63) is 36.3 Å². The van der Waals surface area contributed by atoms with Crippen molar-refractivity contribution in [2.75, 3.05) is 57.4 Å². The van der Waals surface area contributed by atoms with Crippen LogP contribution in [-0.2, 0) is 9.53 Å². The molecule has 2 aliphatic heterocycles. The summed E-state index contributed by atoms with van der Waals surface area (Å²) in [6.07, 6.45) is 4.70. The van der Waals surface area contributed by atoms with Gasteiger partial charge in [0.1, 0.15) is 5.82 Å². The van der Waals surface area contributed by atoms with Gasteiger partial charge in [-0.3, -0.25) is 9.69 Å². The summed E-state index contributed by atoms with van der Waals surface area (Å²) in [5.74, 6) is -0.143. The van der Waals surface area contributed by atoms with E-state index in [0.29, 0.717) is 13.1 Å². The molecule has 0 bridgehead atoms. The number of hydrogen-bond donors (Lipinski definition) is 1. The molecule has 4 heterocycles. The third-order valence-electron chi connectivity index (χ3n) is 6.29. The Bertz CT molecular complexity index is 1050. The number of piperidine rings is 1. The van der Waals surface area contributed by atoms with Gasteiger partial charge < -0.3 is 15.0 Å². The van der Waals surface area contributed by atoms with E-state index in [4.69, 9.17) is 9.84 Å². The van der Waals surface area contributed by atoms with Crippen LogP contribution in [0.25, 0.3) is 16.2 Å². The third-order valence-corrected chi connectivity index (χ3v) is 7.27. The van der Waals surface area contributed by atoms with Crippen LogP contribution in [0.3, 0.4) is 0 Å². The van der Waals surface area contributed by atoms with Crippen LogP contribution in [0.2, 0.25) is 0 Å². The van der Waals surface area contributed by atoms with Gasteiger partial charge in [0.25, 0.3) is 0 Å². The topological polar surface area (TPSA) is 75.0 Å². The van der Waals surface area contributed by atoms with E-state index < -0.39 is 0 Å². The van der Waals surface area contributed by atoms with Crippen molar-refractivity contribution in [3.63, 3.8) is 0 Å². The zero-order valence-corrected chi connectivity index (χ0v) is 19.4. The van der Waals surface area contributed by atoms with E-state index in [-0.39, 0.29) is 17.6 Å². The standard InChI is InChI=1S/C23H29FN6O2S/c24-19-6-4-17(5-7-19)20-16-30-22(26-20)33-23(27-30)29-10-1-3-18(15-29)21(31)25-8-2-9-28-11-13-32-14-12-28/h4-7,16,18H,1-3,8-15H2,(H,25,31). The Labute approximate surface area is 196 Å². The lowest BCUT2D eigenvalue weighted by molar-refractivity contribution is -0.125. The summed E-state index contributed by atoms with van der Waals surface area (Å²) in [7, 11) is 0. The fourth-order valence-corrected chi connectivity index (χ4v) is 5.34. The van der Waals surface area contributed by atoms with Crippen molar-refractivity contribution in [1.82, 2.24) is 24.8 Å². The average molecular weight is 473 g/mol. The van der Waals surface area contributed by atoms with Gasteiger partial charge in [-0.05, 0) is 50.1 Å². The number of imidazole rings is 1. The summed E-state index contributed by atoms with van der Waals surface area (Å²) in [6, 6.07) is 6.31. The van der Waals surface area contributed by atoms with Crippen LogP contribution in [0.5, 0.6) is 0 Å². The number of nitrogens with one attached hydrogen (secondary N) is 1. The summed E-state index contributed by atoms with van der Waals surface area (Å²) in [5.41, 5.74) is 1.63. The predicted octanol–water partition coefficient (Wildman–Crippen LogP) is 2.65. The molecule has 33 heavy (non-hydrogen) atoms. The van der Waals surface area contributed by atoms with Gasteiger partial charge in [0, 0.05) is 38.3 Å². The molecule has 1 unspecified atom stereocenters. The fraction of sp³-hybridized carbons (Fsp3) is 0.522. The van der Waals surface area contributed by atoms with Crippen molar-refractivity contribution in [3.8, 4) is 11.3 Å². The highest BCUT2D eigenvalue weighted by Gasteiger charge is 2.28. The van der Waals surface area contributed by atoms with Crippen LogP contribution >= 0.6 is 11.3 Å². The molecule has 3 aromatic rings. The number of hydrogen-bond acceptors (Lipinski definition) is 7. The number of amides is 1. The average Bonchev–Trinajstić information content (AvgIpc) is 3.43. The minimum absolute atomic E-state index is 0.0202. The molecule has 0 saturated carbocycles. The first-order valence-electron chi connectivity index (χ1n) is 11.6. The number of rotatable bonds is 7. The van der Waals surface area contributed by atoms with Crippen molar-refractivity contribution < 1.29 is 13.9 Å². The lowest BCUT2D eigenvalue weighted by Crippen LogP contribution is -2.44. The second-order valence-corrected chi connectivity index (χ2v) is 9.56. The molecular formula is C23H29FN6O2S. The molecule has 2 fully saturated rings. The molecule has 0 spiro atoms. The van der Waals surface area contributed by atoms with E-state index in [9.17, 15) is 9.18 Å². The van der Waals surface area contributed by atoms with Crippen molar-refractivity contribution in [2.45, 2.75) is 19.3 Å². The zero-order chi connectivity index (χ0) is 22.6. The lowest BCUT2D eigenvalue weighted by atomic mass is 9.97. The molecule has 176 valence electrons. The minimum Gasteiger partial charge on any atom is -0.379 e. The normalized spacial score (nSPS) is 19.8. The zero-order valence-electron chi connectivity index (χ0n) is 18.6. The Kier molecular flexibility index (Phi) is 6.84. The van der Waals surface area contributed by atoms with E-state index in [1.807, 2.05) is 6.20 Å². The highest BCUT2D eigenvalue weighted by Crippen LogP contribution is 2.29. The first-order chi connectivity index (χ1) is 16.2. The molecule has 1 N–H and O–H groups in total. The van der Waals surface area contributed by atoms with E-state index in [2.05, 4.69) is 20.1 Å². The van der Waals surface area contributed by atoms with Gasteiger partial charge in [0.15, 0.2) is 0 Å². The van der Waals surface area contributed by atoms with Gasteiger partial charge in [-0.25, -0.2) is 13.9 Å². The van der Waals surface area contributed by atoms with Gasteiger partial charge in [-0.15, -0.1) is 5.10 Å². The molecule has 2 aromatic heterocycles. The summed E-state index contributed by atoms with van der Waals surface area (Å²) in [5, 5.41) is 8.71. The quantitative estimate of drug-likeness (QED) is 0.533. The second kappa shape index (κ2) is 10.1. The Morgan fingerprint density at radius 2 is 2.03 bits per heavy atom. The second-order valence-electron chi connectivity index (χ2n) is 8.63. The Morgan fingerprint density at radius 3 is 2.82 bits per heavy atom. The maximum Gasteiger partial charge on any atom is 0.224 e. The minimum atomic E-state index is -0.263. The number of halogens is 1. The van der Waals surface area contributed by atoms with Crippen LogP contribution in [0.4, 0.5) is 9.52 Å². The molecule has 5 rings (SSSR count). The smallest absolute Gasteiger partial charge is 0.224 e. The maximum atomic E-state index is 13.2. The molecule has 8 nitrogen and oxygen atoms in total. The van der Waals surface area contributed by atoms with Crippen molar-refractivity contribution in [1.29, 1.82) is 0 Å². The van der Waals surface area contributed by atoms with E-state index >= 15 is 0 Å². The molecule has 0 aliphatic carbocycles. The number of carbonyl (C=O) groups excluding carboxylic acids is 1. The van der Waals surface area contributed by atoms with Crippen molar-refractivity contribution >= 4 is 27.3 Å². The van der Waals surface area contributed by atoms with Gasteiger partial charge >= 0.3 is 0 Å². The largest absolute Gasteiger partial charge is 0.379 e. The number of morpholine rings is 1. The summed E-state index contributed by atoms with van der Waals surface area (Å²) >= 11 is 1.52. The van der Waals surface area contributed by atoms with Crippen molar-refractivity contribution in [2.24, 2.45) is 5.92 Å². The monoisotopic (exact) mass is 472 g/mol. The van der Waals surface area contributed by atoms with Crippen LogP contribution in [0.1, 0.15) is 19.3 Å². The highest BCUT2D eigenvalue weighted by atomic mass is 32.1. The predicted molar refractivity (Wildman–Crippen MR) is 126 cm³/mol. The molecule has 1 aromatic carbocycles. The van der Waals surface area contributed by atoms with Gasteiger partial charge in [0.2, 0.25) is 16.0 Å². The van der Waals surface area contributed by atoms with Gasteiger partial charge in [-0.2, -0.15) is 0 Å². The number of fused-ring (bicyclic) bond motifs is 1. The highest BCUT2D eigenvalue weighted by molar-refractivity contribution is 7.20. The Morgan fingerprint density at radius 1 is 1.21 bits per heavy atom. The lowest BCUT2D eigenvalue weighted by Gasteiger charge is -2.31. The van der Waals surface area contributed by atoms with Gasteiger partial charge in [-0.1, -0.05) is 11.3 Å². The number of aromatic nitrogens is 3. The number of nitrogens with zero attached hydrogens (tertiary/aromatic N) is 5. The molecule has 10 heteroatoms. The summed E-state index contributed by atoms with van der Waals surface area (Å²) in [6.45, 7) is 6.85. The van der Waals surface area contributed by atoms with Crippen LogP contribution < -0.4 is 10.2 Å². The molecule has 1 atom stereocenters. The third kappa shape index (κ3) is 5.34. The van der Waals surface area contributed by atoms with Gasteiger partial charge in [0.05, 0.1) is 31.0 Å². The van der Waals surface area contributed by atoms with Crippen LogP contribution in [-0.4, -0.2) is 77.9 Å².